The van der Waals surface area contributed by atoms with Crippen LogP contribution in [0.15, 0.2) is 48.5 Å². The van der Waals surface area contributed by atoms with Gasteiger partial charge in [0, 0.05) is 5.41 Å². The van der Waals surface area contributed by atoms with Gasteiger partial charge in [-0.1, -0.05) is 52.0 Å². The van der Waals surface area contributed by atoms with E-state index in [-0.39, 0.29) is 18.6 Å². The molecule has 4 nitrogen and oxygen atoms in total. The molecule has 4 heteroatoms. The van der Waals surface area contributed by atoms with Crippen LogP contribution in [0.1, 0.15) is 45.2 Å². The third-order valence-electron chi connectivity index (χ3n) is 5.17. The maximum Gasteiger partial charge on any atom is 0.119 e. The first-order valence-corrected chi connectivity index (χ1v) is 10.1. The van der Waals surface area contributed by atoms with Crippen molar-refractivity contribution in [3.63, 3.8) is 0 Å². The van der Waals surface area contributed by atoms with Gasteiger partial charge in [0.1, 0.15) is 24.7 Å². The molecule has 28 heavy (non-hydrogen) atoms. The Morgan fingerprint density at radius 2 is 1.11 bits per heavy atom. The molecule has 154 valence electrons. The first kappa shape index (κ1) is 22.3. The molecule has 0 spiro atoms. The van der Waals surface area contributed by atoms with Gasteiger partial charge in [-0.25, -0.2) is 0 Å². The Morgan fingerprint density at radius 1 is 0.714 bits per heavy atom. The van der Waals surface area contributed by atoms with E-state index in [0.717, 1.165) is 17.9 Å². The smallest absolute Gasteiger partial charge is 0.119 e. The van der Waals surface area contributed by atoms with Gasteiger partial charge in [0.25, 0.3) is 0 Å². The molecule has 0 aromatic heterocycles. The predicted molar refractivity (Wildman–Crippen MR) is 113 cm³/mol. The van der Waals surface area contributed by atoms with Crippen LogP contribution in [0.5, 0.6) is 11.5 Å². The van der Waals surface area contributed by atoms with E-state index in [0.29, 0.717) is 25.0 Å². The summed E-state index contributed by atoms with van der Waals surface area (Å²) in [6, 6.07) is 16.5. The largest absolute Gasteiger partial charge is 0.491 e. The van der Waals surface area contributed by atoms with E-state index in [9.17, 15) is 0 Å². The fourth-order valence-corrected chi connectivity index (χ4v) is 3.97. The lowest BCUT2D eigenvalue weighted by atomic mass is 9.63. The first-order chi connectivity index (χ1) is 13.4. The van der Waals surface area contributed by atoms with E-state index in [4.69, 9.17) is 19.7 Å². The first-order valence-electron chi connectivity index (χ1n) is 10.1. The van der Waals surface area contributed by atoms with Crippen molar-refractivity contribution in [3.05, 3.63) is 59.7 Å². The zero-order valence-electron chi connectivity index (χ0n) is 17.5. The van der Waals surface area contributed by atoms with Crippen molar-refractivity contribution in [2.45, 2.75) is 39.5 Å². The quantitative estimate of drug-likeness (QED) is 0.600. The van der Waals surface area contributed by atoms with Crippen molar-refractivity contribution >= 4 is 0 Å². The van der Waals surface area contributed by atoms with Crippen LogP contribution in [0.3, 0.4) is 0 Å². The van der Waals surface area contributed by atoms with Crippen molar-refractivity contribution in [3.8, 4) is 11.5 Å². The number of hydrogen-bond donors (Lipinski definition) is 2. The van der Waals surface area contributed by atoms with E-state index in [2.05, 4.69) is 52.0 Å². The fraction of sp³-hybridized carbons (Fsp3) is 0.500. The van der Waals surface area contributed by atoms with Crippen molar-refractivity contribution in [1.29, 1.82) is 0 Å². The van der Waals surface area contributed by atoms with Crippen LogP contribution in [0, 0.1) is 11.8 Å². The molecule has 2 rings (SSSR count). The van der Waals surface area contributed by atoms with Crippen molar-refractivity contribution in [2.24, 2.45) is 11.8 Å². The second-order valence-corrected chi connectivity index (χ2v) is 7.92. The monoisotopic (exact) mass is 386 g/mol. The highest BCUT2D eigenvalue weighted by molar-refractivity contribution is 5.44. The summed E-state index contributed by atoms with van der Waals surface area (Å²) in [6.07, 6.45) is 1.03. The maximum atomic E-state index is 8.96. The topological polar surface area (TPSA) is 58.9 Å². The van der Waals surface area contributed by atoms with Crippen LogP contribution < -0.4 is 9.47 Å². The molecule has 0 aliphatic heterocycles. The minimum absolute atomic E-state index is 0.00966. The van der Waals surface area contributed by atoms with Crippen LogP contribution in [0.2, 0.25) is 0 Å². The molecule has 0 heterocycles. The molecule has 0 fully saturated rings. The normalized spacial score (nSPS) is 11.9. The summed E-state index contributed by atoms with van der Waals surface area (Å²) in [7, 11) is 0. The lowest BCUT2D eigenvalue weighted by Crippen LogP contribution is -2.35. The molecule has 2 aromatic rings. The highest BCUT2D eigenvalue weighted by Gasteiger charge is 2.38. The summed E-state index contributed by atoms with van der Waals surface area (Å²) >= 11 is 0. The highest BCUT2D eigenvalue weighted by Crippen LogP contribution is 2.45. The number of benzene rings is 2. The van der Waals surface area contributed by atoms with E-state index in [1.54, 1.807) is 0 Å². The van der Waals surface area contributed by atoms with Crippen LogP contribution in [-0.2, 0) is 5.41 Å². The van der Waals surface area contributed by atoms with E-state index >= 15 is 0 Å². The van der Waals surface area contributed by atoms with Gasteiger partial charge in [-0.3, -0.25) is 0 Å². The number of aliphatic hydroxyl groups is 2. The molecule has 0 amide bonds. The van der Waals surface area contributed by atoms with Gasteiger partial charge in [0.05, 0.1) is 13.2 Å². The van der Waals surface area contributed by atoms with Gasteiger partial charge >= 0.3 is 0 Å². The summed E-state index contributed by atoms with van der Waals surface area (Å²) in [5, 5.41) is 17.9. The zero-order chi connectivity index (χ0) is 20.6. The van der Waals surface area contributed by atoms with Crippen LogP contribution in [-0.4, -0.2) is 36.6 Å². The van der Waals surface area contributed by atoms with Crippen LogP contribution in [0.4, 0.5) is 0 Å². The second-order valence-electron chi connectivity index (χ2n) is 7.92. The van der Waals surface area contributed by atoms with Crippen molar-refractivity contribution < 1.29 is 19.7 Å². The molecule has 0 bridgehead atoms. The maximum absolute atomic E-state index is 8.96. The van der Waals surface area contributed by atoms with Gasteiger partial charge < -0.3 is 19.7 Å². The Balaban J connectivity index is 2.44. The summed E-state index contributed by atoms with van der Waals surface area (Å²) in [6.45, 7) is 9.68. The van der Waals surface area contributed by atoms with Crippen LogP contribution >= 0.6 is 0 Å². The average molecular weight is 387 g/mol. The minimum atomic E-state index is -0.126. The lowest BCUT2D eigenvalue weighted by Gasteiger charge is -2.41. The van der Waals surface area contributed by atoms with Gasteiger partial charge in [-0.2, -0.15) is 0 Å². The van der Waals surface area contributed by atoms with E-state index in [1.807, 2.05) is 24.3 Å². The Kier molecular flexibility index (Phi) is 8.34. The number of hydrogen-bond acceptors (Lipinski definition) is 4. The summed E-state index contributed by atoms with van der Waals surface area (Å²) in [5.41, 5.74) is 2.40. The van der Waals surface area contributed by atoms with E-state index < -0.39 is 0 Å². The molecular formula is C24H34O4. The highest BCUT2D eigenvalue weighted by atomic mass is 16.5. The SMILES string of the molecule is CC(C)CC(c1ccc(OCCO)cc1)(c1ccc(OCCO)cc1)C(C)C. The van der Waals surface area contributed by atoms with E-state index in [1.165, 1.54) is 11.1 Å². The molecule has 0 saturated heterocycles. The summed E-state index contributed by atoms with van der Waals surface area (Å²) in [5.74, 6) is 2.46. The molecule has 0 saturated carbocycles. The average Bonchev–Trinajstić information content (AvgIpc) is 2.69. The minimum Gasteiger partial charge on any atom is -0.491 e. The molecule has 0 unspecified atom stereocenters. The van der Waals surface area contributed by atoms with Gasteiger partial charge in [-0.05, 0) is 53.6 Å². The standard InChI is InChI=1S/C24H34O4/c1-18(2)17-24(19(3)4,20-5-9-22(10-6-20)27-15-13-25)21-7-11-23(12-8-21)28-16-14-26/h5-12,18-19,25-26H,13-17H2,1-4H3. The van der Waals surface area contributed by atoms with Crippen molar-refractivity contribution in [1.82, 2.24) is 0 Å². The summed E-state index contributed by atoms with van der Waals surface area (Å²) < 4.78 is 11.1. The molecular weight excluding hydrogens is 352 g/mol. The third-order valence-corrected chi connectivity index (χ3v) is 5.17. The second kappa shape index (κ2) is 10.5. The van der Waals surface area contributed by atoms with Gasteiger partial charge in [0.15, 0.2) is 0 Å². The Hall–Kier alpha value is -2.04. The molecule has 2 N–H and O–H groups in total. The number of rotatable bonds is 11. The molecule has 0 aliphatic carbocycles. The lowest BCUT2D eigenvalue weighted by molar-refractivity contribution is 0.201. The predicted octanol–water partition coefficient (Wildman–Crippen LogP) is 4.42. The van der Waals surface area contributed by atoms with Gasteiger partial charge in [0.2, 0.25) is 0 Å². The van der Waals surface area contributed by atoms with Gasteiger partial charge in [-0.15, -0.1) is 0 Å². The third kappa shape index (κ3) is 5.27. The Labute approximate surface area is 169 Å². The molecule has 2 aromatic carbocycles. The van der Waals surface area contributed by atoms with Crippen LogP contribution in [0.25, 0.3) is 0 Å². The fourth-order valence-electron chi connectivity index (χ4n) is 3.97. The molecule has 0 radical (unpaired) electrons. The summed E-state index contributed by atoms with van der Waals surface area (Å²) in [4.78, 5) is 0. The molecule has 0 atom stereocenters. The zero-order valence-corrected chi connectivity index (χ0v) is 17.5. The number of aliphatic hydroxyl groups excluding tert-OH is 2. The molecule has 0 aliphatic rings. The Bertz CT molecular complexity index is 638. The Morgan fingerprint density at radius 3 is 1.39 bits per heavy atom. The van der Waals surface area contributed by atoms with Crippen molar-refractivity contribution in [2.75, 3.05) is 26.4 Å². The number of ether oxygens (including phenoxy) is 2.